The minimum atomic E-state index is -0.222. The van der Waals surface area contributed by atoms with Crippen LogP contribution in [0.1, 0.15) is 46.4 Å². The maximum atomic E-state index is 11.9. The van der Waals surface area contributed by atoms with E-state index in [4.69, 9.17) is 5.84 Å². The molecular formula is C12H21N5OS. The van der Waals surface area contributed by atoms with E-state index < -0.39 is 0 Å². The molecule has 2 rings (SSSR count). The third-order valence-corrected chi connectivity index (χ3v) is 3.97. The fraction of sp³-hybridized carbons (Fsp3) is 0.750. The number of nitrogen functional groups attached to an aromatic ring is 1. The predicted octanol–water partition coefficient (Wildman–Crippen LogP) is 1.05. The number of nitrogens with zero attached hydrogens (tertiary/aromatic N) is 3. The summed E-state index contributed by atoms with van der Waals surface area (Å²) in [7, 11) is 0. The van der Waals surface area contributed by atoms with Crippen LogP contribution in [0, 0.1) is 0 Å². The molecule has 1 aromatic rings. The number of amides is 1. The zero-order valence-electron chi connectivity index (χ0n) is 11.8. The molecule has 0 saturated heterocycles. The van der Waals surface area contributed by atoms with Crippen molar-refractivity contribution in [3.63, 3.8) is 0 Å². The molecule has 7 heteroatoms. The zero-order valence-corrected chi connectivity index (χ0v) is 12.6. The van der Waals surface area contributed by atoms with Gasteiger partial charge in [-0.1, -0.05) is 32.5 Å². The van der Waals surface area contributed by atoms with Gasteiger partial charge in [0.1, 0.15) is 0 Å². The molecule has 1 fully saturated rings. The second-order valence-electron chi connectivity index (χ2n) is 5.97. The van der Waals surface area contributed by atoms with Gasteiger partial charge >= 0.3 is 0 Å². The molecule has 1 atom stereocenters. The number of nitrogens with one attached hydrogen (secondary N) is 1. The summed E-state index contributed by atoms with van der Waals surface area (Å²) in [6.07, 6.45) is 2.18. The fourth-order valence-electron chi connectivity index (χ4n) is 1.63. The van der Waals surface area contributed by atoms with Crippen LogP contribution in [0.3, 0.4) is 0 Å². The standard InChI is InChI=1S/C12H21N5OS/c1-7(9(18)14-8-5-6-8)19-11-16-15-10(17(11)13)12(2,3)4/h7-8H,5-6,13H2,1-4H3,(H,14,18)/t7-/m1/s1. The van der Waals surface area contributed by atoms with Crippen LogP contribution in [0.25, 0.3) is 0 Å². The third-order valence-electron chi connectivity index (χ3n) is 2.91. The first-order valence-electron chi connectivity index (χ1n) is 6.47. The molecule has 106 valence electrons. The maximum absolute atomic E-state index is 11.9. The van der Waals surface area contributed by atoms with Gasteiger partial charge in [0, 0.05) is 11.5 Å². The molecule has 1 aromatic heterocycles. The Balaban J connectivity index is 2.02. The van der Waals surface area contributed by atoms with Crippen LogP contribution < -0.4 is 11.2 Å². The van der Waals surface area contributed by atoms with Crippen LogP contribution >= 0.6 is 11.8 Å². The van der Waals surface area contributed by atoms with Crippen LogP contribution in [0.4, 0.5) is 0 Å². The number of carbonyl (C=O) groups excluding carboxylic acids is 1. The number of hydrogen-bond donors (Lipinski definition) is 2. The largest absolute Gasteiger partial charge is 0.352 e. The lowest BCUT2D eigenvalue weighted by atomic mass is 9.96. The van der Waals surface area contributed by atoms with Gasteiger partial charge in [-0.2, -0.15) is 0 Å². The first kappa shape index (κ1) is 14.2. The Kier molecular flexibility index (Phi) is 3.75. The molecule has 1 saturated carbocycles. The fourth-order valence-corrected chi connectivity index (χ4v) is 2.41. The average molecular weight is 283 g/mol. The summed E-state index contributed by atoms with van der Waals surface area (Å²) >= 11 is 1.34. The van der Waals surface area contributed by atoms with Crippen molar-refractivity contribution >= 4 is 17.7 Å². The summed E-state index contributed by atoms with van der Waals surface area (Å²) in [5.41, 5.74) is -0.167. The molecule has 0 aliphatic heterocycles. The molecule has 0 unspecified atom stereocenters. The zero-order chi connectivity index (χ0) is 14.2. The lowest BCUT2D eigenvalue weighted by molar-refractivity contribution is -0.120. The molecule has 0 radical (unpaired) electrons. The Labute approximate surface area is 117 Å². The first-order valence-corrected chi connectivity index (χ1v) is 7.35. The molecule has 0 aromatic carbocycles. The van der Waals surface area contributed by atoms with Crippen molar-refractivity contribution < 1.29 is 4.79 Å². The number of rotatable bonds is 4. The average Bonchev–Trinajstić information content (AvgIpc) is 3.02. The molecule has 3 N–H and O–H groups in total. The Hall–Kier alpha value is -1.24. The van der Waals surface area contributed by atoms with Crippen molar-refractivity contribution in [3.05, 3.63) is 5.82 Å². The van der Waals surface area contributed by atoms with Crippen molar-refractivity contribution in [2.75, 3.05) is 5.84 Å². The normalized spacial score (nSPS) is 17.3. The van der Waals surface area contributed by atoms with Gasteiger partial charge in [-0.15, -0.1) is 10.2 Å². The van der Waals surface area contributed by atoms with Gasteiger partial charge in [-0.25, -0.2) is 4.68 Å². The van der Waals surface area contributed by atoms with Gasteiger partial charge in [0.15, 0.2) is 5.82 Å². The quantitative estimate of drug-likeness (QED) is 0.637. The van der Waals surface area contributed by atoms with E-state index in [9.17, 15) is 4.79 Å². The Morgan fingerprint density at radius 2 is 2.11 bits per heavy atom. The van der Waals surface area contributed by atoms with Crippen molar-refractivity contribution in [2.45, 2.75) is 62.4 Å². The van der Waals surface area contributed by atoms with Gasteiger partial charge in [0.25, 0.3) is 0 Å². The van der Waals surface area contributed by atoms with E-state index in [-0.39, 0.29) is 16.6 Å². The van der Waals surface area contributed by atoms with E-state index in [1.54, 1.807) is 0 Å². The predicted molar refractivity (Wildman–Crippen MR) is 75.4 cm³/mol. The molecule has 0 spiro atoms. The highest BCUT2D eigenvalue weighted by molar-refractivity contribution is 8.00. The number of aromatic nitrogens is 3. The Morgan fingerprint density at radius 1 is 1.47 bits per heavy atom. The van der Waals surface area contributed by atoms with E-state index in [2.05, 4.69) is 15.5 Å². The molecule has 1 amide bonds. The van der Waals surface area contributed by atoms with Crippen LogP contribution in [0.5, 0.6) is 0 Å². The van der Waals surface area contributed by atoms with Crippen molar-refractivity contribution in [1.82, 2.24) is 20.2 Å². The highest BCUT2D eigenvalue weighted by atomic mass is 32.2. The van der Waals surface area contributed by atoms with E-state index in [0.29, 0.717) is 17.0 Å². The highest BCUT2D eigenvalue weighted by Gasteiger charge is 2.28. The Morgan fingerprint density at radius 3 is 2.58 bits per heavy atom. The summed E-state index contributed by atoms with van der Waals surface area (Å²) in [5.74, 6) is 6.74. The van der Waals surface area contributed by atoms with Crippen LogP contribution in [-0.2, 0) is 10.2 Å². The van der Waals surface area contributed by atoms with E-state index in [1.165, 1.54) is 16.4 Å². The van der Waals surface area contributed by atoms with Gasteiger partial charge in [0.2, 0.25) is 11.1 Å². The van der Waals surface area contributed by atoms with Crippen molar-refractivity contribution in [3.8, 4) is 0 Å². The second-order valence-corrected chi connectivity index (χ2v) is 7.28. The van der Waals surface area contributed by atoms with E-state index in [1.807, 2.05) is 27.7 Å². The lowest BCUT2D eigenvalue weighted by Gasteiger charge is -2.17. The van der Waals surface area contributed by atoms with E-state index in [0.717, 1.165) is 12.8 Å². The third kappa shape index (κ3) is 3.40. The molecule has 19 heavy (non-hydrogen) atoms. The lowest BCUT2D eigenvalue weighted by Crippen LogP contribution is -2.33. The van der Waals surface area contributed by atoms with Crippen molar-refractivity contribution in [2.24, 2.45) is 0 Å². The molecule has 0 bridgehead atoms. The van der Waals surface area contributed by atoms with Crippen LogP contribution in [-0.4, -0.2) is 32.1 Å². The van der Waals surface area contributed by atoms with Gasteiger partial charge in [0.05, 0.1) is 5.25 Å². The SMILES string of the molecule is C[C@@H](Sc1nnc(C(C)(C)C)n1N)C(=O)NC1CC1. The number of hydrogen-bond acceptors (Lipinski definition) is 5. The van der Waals surface area contributed by atoms with Crippen LogP contribution in [0.2, 0.25) is 0 Å². The maximum Gasteiger partial charge on any atom is 0.233 e. The van der Waals surface area contributed by atoms with Gasteiger partial charge in [-0.05, 0) is 19.8 Å². The van der Waals surface area contributed by atoms with E-state index >= 15 is 0 Å². The number of thioether (sulfide) groups is 1. The summed E-state index contributed by atoms with van der Waals surface area (Å²) in [5, 5.41) is 11.5. The Bertz CT molecular complexity index is 475. The topological polar surface area (TPSA) is 85.8 Å². The molecule has 1 aliphatic rings. The molecule has 1 aliphatic carbocycles. The van der Waals surface area contributed by atoms with Crippen LogP contribution in [0.15, 0.2) is 5.16 Å². The molecule has 1 heterocycles. The summed E-state index contributed by atoms with van der Waals surface area (Å²) < 4.78 is 1.48. The minimum absolute atomic E-state index is 0.0350. The smallest absolute Gasteiger partial charge is 0.233 e. The number of carbonyl (C=O) groups is 1. The monoisotopic (exact) mass is 283 g/mol. The van der Waals surface area contributed by atoms with Gasteiger partial charge in [-0.3, -0.25) is 4.79 Å². The summed E-state index contributed by atoms with van der Waals surface area (Å²) in [6, 6.07) is 0.372. The highest BCUT2D eigenvalue weighted by Crippen LogP contribution is 2.26. The summed E-state index contributed by atoms with van der Waals surface area (Å²) in [6.45, 7) is 7.93. The minimum Gasteiger partial charge on any atom is -0.352 e. The molecular weight excluding hydrogens is 262 g/mol. The van der Waals surface area contributed by atoms with Gasteiger partial charge < -0.3 is 11.2 Å². The molecule has 6 nitrogen and oxygen atoms in total. The first-order chi connectivity index (χ1) is 8.79. The summed E-state index contributed by atoms with van der Waals surface area (Å²) in [4.78, 5) is 11.9. The second kappa shape index (κ2) is 5.03. The van der Waals surface area contributed by atoms with Crippen molar-refractivity contribution in [1.29, 1.82) is 0 Å². The number of nitrogens with two attached hydrogens (primary N) is 1.